The van der Waals surface area contributed by atoms with Gasteiger partial charge < -0.3 is 4.90 Å². The summed E-state index contributed by atoms with van der Waals surface area (Å²) in [6.07, 6.45) is 0. The van der Waals surface area contributed by atoms with Crippen LogP contribution in [0.2, 0.25) is 0 Å². The second-order valence-corrected chi connectivity index (χ2v) is 17.4. The molecule has 0 bridgehead atoms. The van der Waals surface area contributed by atoms with Crippen LogP contribution in [0.3, 0.4) is 0 Å². The van der Waals surface area contributed by atoms with Gasteiger partial charge in [0.1, 0.15) is 0 Å². The number of hydrogen-bond donors (Lipinski definition) is 0. The Morgan fingerprint density at radius 1 is 0.274 bits per heavy atom. The third kappa shape index (κ3) is 5.92. The quantitative estimate of drug-likeness (QED) is 0.145. The summed E-state index contributed by atoms with van der Waals surface area (Å²) < 4.78 is 0. The average Bonchev–Trinajstić information content (AvgIpc) is 3.56. The molecule has 11 aromatic carbocycles. The van der Waals surface area contributed by atoms with Crippen LogP contribution in [0.15, 0.2) is 224 Å². The van der Waals surface area contributed by atoms with E-state index in [-0.39, 0.29) is 5.41 Å². The Bertz CT molecular complexity index is 3330. The van der Waals surface area contributed by atoms with Crippen molar-refractivity contribution in [2.45, 2.75) is 19.3 Å². The summed E-state index contributed by atoms with van der Waals surface area (Å²) in [5.41, 5.74) is 18.5. The van der Waals surface area contributed by atoms with E-state index in [1.807, 2.05) is 0 Å². The van der Waals surface area contributed by atoms with Crippen LogP contribution in [-0.4, -0.2) is 0 Å². The van der Waals surface area contributed by atoms with Gasteiger partial charge in [-0.05, 0) is 172 Å². The van der Waals surface area contributed by atoms with Crippen molar-refractivity contribution in [3.05, 3.63) is 236 Å². The normalized spacial score (nSPS) is 12.8. The average molecular weight is 790 g/mol. The molecule has 0 fully saturated rings. The van der Waals surface area contributed by atoms with Crippen molar-refractivity contribution in [1.29, 1.82) is 0 Å². The van der Waals surface area contributed by atoms with Crippen LogP contribution in [0.1, 0.15) is 25.0 Å². The van der Waals surface area contributed by atoms with Gasteiger partial charge >= 0.3 is 0 Å². The van der Waals surface area contributed by atoms with Gasteiger partial charge in [0, 0.05) is 22.5 Å². The molecule has 0 N–H and O–H groups in total. The SMILES string of the molecule is CC1(C)c2ccccc2-c2ccc(-c3cc4ccc5cc(-c6ccc(N(c7ccccc7)c7cc(-c8ccccc8)cc(-c8ccccc8)c7)cc6)cc6ccc(c3)c4c56)cc21. The van der Waals surface area contributed by atoms with E-state index in [1.54, 1.807) is 0 Å². The molecule has 1 aliphatic carbocycles. The Kier molecular flexibility index (Phi) is 8.27. The first-order valence-corrected chi connectivity index (χ1v) is 21.7. The molecule has 0 heterocycles. The number of nitrogens with zero attached hydrogens (tertiary/aromatic N) is 1. The Balaban J connectivity index is 0.916. The molecule has 62 heavy (non-hydrogen) atoms. The fourth-order valence-electron chi connectivity index (χ4n) is 10.2. The summed E-state index contributed by atoms with van der Waals surface area (Å²) >= 11 is 0. The molecule has 1 heteroatoms. The minimum Gasteiger partial charge on any atom is -0.310 e. The lowest BCUT2D eigenvalue weighted by molar-refractivity contribution is 0.660. The summed E-state index contributed by atoms with van der Waals surface area (Å²) in [6, 6.07) is 82.9. The van der Waals surface area contributed by atoms with Crippen molar-refractivity contribution >= 4 is 49.4 Å². The van der Waals surface area contributed by atoms with Crippen molar-refractivity contribution in [2.75, 3.05) is 4.90 Å². The van der Waals surface area contributed by atoms with E-state index >= 15 is 0 Å². The summed E-state index contributed by atoms with van der Waals surface area (Å²) in [7, 11) is 0. The van der Waals surface area contributed by atoms with Crippen molar-refractivity contribution < 1.29 is 0 Å². The van der Waals surface area contributed by atoms with Gasteiger partial charge in [0.2, 0.25) is 0 Å². The van der Waals surface area contributed by atoms with E-state index in [4.69, 9.17) is 0 Å². The van der Waals surface area contributed by atoms with E-state index in [0.717, 1.165) is 17.1 Å². The topological polar surface area (TPSA) is 3.24 Å². The van der Waals surface area contributed by atoms with E-state index < -0.39 is 0 Å². The van der Waals surface area contributed by atoms with Crippen LogP contribution < -0.4 is 4.90 Å². The highest BCUT2D eigenvalue weighted by molar-refractivity contribution is 6.24. The Hall–Kier alpha value is -7.74. The first kappa shape index (κ1) is 36.1. The van der Waals surface area contributed by atoms with Crippen molar-refractivity contribution in [3.8, 4) is 55.6 Å². The zero-order valence-corrected chi connectivity index (χ0v) is 34.8. The summed E-state index contributed by atoms with van der Waals surface area (Å²) in [6.45, 7) is 4.72. The van der Waals surface area contributed by atoms with Crippen molar-refractivity contribution in [3.63, 3.8) is 0 Å². The smallest absolute Gasteiger partial charge is 0.0473 e. The Morgan fingerprint density at radius 2 is 0.694 bits per heavy atom. The van der Waals surface area contributed by atoms with Crippen molar-refractivity contribution in [2.24, 2.45) is 0 Å². The summed E-state index contributed by atoms with van der Waals surface area (Å²) in [4.78, 5) is 2.38. The monoisotopic (exact) mass is 789 g/mol. The second kappa shape index (κ2) is 14.2. The maximum absolute atomic E-state index is 2.43. The molecule has 0 aliphatic heterocycles. The summed E-state index contributed by atoms with van der Waals surface area (Å²) in [5, 5.41) is 7.76. The van der Waals surface area contributed by atoms with Gasteiger partial charge in [0.05, 0.1) is 0 Å². The fraction of sp³-hybridized carbons (Fsp3) is 0.0492. The first-order valence-electron chi connectivity index (χ1n) is 21.7. The third-order valence-electron chi connectivity index (χ3n) is 13.3. The standard InChI is InChI=1S/C61H43N/c1-61(2)57-21-13-12-20-55(57)56-31-28-43(39-58(56)61)49-34-46-24-22-44-32-48(33-45-23-25-47(35-49)60(46)59(44)45)42-26-29-53(30-27-42)62(52-18-10-5-11-19-52)54-37-50(40-14-6-3-7-15-40)36-51(38-54)41-16-8-4-9-17-41/h3-39H,1-2H3. The zero-order valence-electron chi connectivity index (χ0n) is 34.8. The van der Waals surface area contributed by atoms with Crippen LogP contribution in [0.5, 0.6) is 0 Å². The first-order chi connectivity index (χ1) is 30.5. The summed E-state index contributed by atoms with van der Waals surface area (Å²) in [5.74, 6) is 0. The lowest BCUT2D eigenvalue weighted by Gasteiger charge is -2.27. The van der Waals surface area contributed by atoms with Gasteiger partial charge in [-0.1, -0.05) is 166 Å². The van der Waals surface area contributed by atoms with E-state index in [9.17, 15) is 0 Å². The lowest BCUT2D eigenvalue weighted by atomic mass is 9.81. The highest BCUT2D eigenvalue weighted by Crippen LogP contribution is 2.50. The van der Waals surface area contributed by atoms with Crippen LogP contribution in [0.4, 0.5) is 17.1 Å². The highest BCUT2D eigenvalue weighted by atomic mass is 15.1. The number of anilines is 3. The molecule has 12 rings (SSSR count). The van der Waals surface area contributed by atoms with E-state index in [2.05, 4.69) is 243 Å². The molecule has 0 unspecified atom stereocenters. The predicted molar refractivity (Wildman–Crippen MR) is 264 cm³/mol. The van der Waals surface area contributed by atoms with Gasteiger partial charge in [-0.2, -0.15) is 0 Å². The molecule has 0 radical (unpaired) electrons. The molecule has 0 spiro atoms. The van der Waals surface area contributed by atoms with E-state index in [1.165, 1.54) is 99.1 Å². The molecule has 0 saturated carbocycles. The number of para-hydroxylation sites is 1. The molecule has 292 valence electrons. The van der Waals surface area contributed by atoms with Gasteiger partial charge in [0.15, 0.2) is 0 Å². The molecule has 0 atom stereocenters. The second-order valence-electron chi connectivity index (χ2n) is 17.4. The molecular weight excluding hydrogens is 747 g/mol. The van der Waals surface area contributed by atoms with Crippen LogP contribution in [0, 0.1) is 0 Å². The fourth-order valence-corrected chi connectivity index (χ4v) is 10.2. The predicted octanol–water partition coefficient (Wildman–Crippen LogP) is 17.0. The van der Waals surface area contributed by atoms with E-state index in [0.29, 0.717) is 0 Å². The Labute approximate surface area is 363 Å². The maximum atomic E-state index is 2.43. The van der Waals surface area contributed by atoms with Crippen LogP contribution in [0.25, 0.3) is 88.0 Å². The lowest BCUT2D eigenvalue weighted by Crippen LogP contribution is -2.14. The minimum absolute atomic E-state index is 0.0293. The van der Waals surface area contributed by atoms with Gasteiger partial charge in [-0.25, -0.2) is 0 Å². The molecular formula is C61H43N. The molecule has 0 saturated heterocycles. The van der Waals surface area contributed by atoms with Crippen LogP contribution >= 0.6 is 0 Å². The molecule has 1 aliphatic rings. The zero-order chi connectivity index (χ0) is 41.4. The largest absolute Gasteiger partial charge is 0.310 e. The maximum Gasteiger partial charge on any atom is 0.0473 e. The molecule has 0 amide bonds. The molecule has 11 aromatic rings. The van der Waals surface area contributed by atoms with Gasteiger partial charge in [-0.3, -0.25) is 0 Å². The number of hydrogen-bond acceptors (Lipinski definition) is 1. The molecule has 1 nitrogen and oxygen atoms in total. The third-order valence-corrected chi connectivity index (χ3v) is 13.3. The number of rotatable bonds is 7. The van der Waals surface area contributed by atoms with Gasteiger partial charge in [-0.15, -0.1) is 0 Å². The molecule has 0 aromatic heterocycles. The van der Waals surface area contributed by atoms with Crippen LogP contribution in [-0.2, 0) is 5.41 Å². The highest BCUT2D eigenvalue weighted by Gasteiger charge is 2.35. The van der Waals surface area contributed by atoms with Gasteiger partial charge in [0.25, 0.3) is 0 Å². The number of fused-ring (bicyclic) bond motifs is 3. The minimum atomic E-state index is -0.0293. The van der Waals surface area contributed by atoms with Crippen molar-refractivity contribution in [1.82, 2.24) is 0 Å². The number of benzene rings is 11. The Morgan fingerprint density at radius 3 is 1.26 bits per heavy atom.